The van der Waals surface area contributed by atoms with Gasteiger partial charge in [-0.05, 0) is 51.7 Å². The van der Waals surface area contributed by atoms with Gasteiger partial charge in [-0.3, -0.25) is 9.59 Å². The summed E-state index contributed by atoms with van der Waals surface area (Å²) < 4.78 is 5.38. The first-order valence-corrected chi connectivity index (χ1v) is 8.47. The Labute approximate surface area is 138 Å². The van der Waals surface area contributed by atoms with Gasteiger partial charge in [-0.15, -0.1) is 0 Å². The topological polar surface area (TPSA) is 55.4 Å². The molecule has 0 spiro atoms. The van der Waals surface area contributed by atoms with Crippen LogP contribution in [0.5, 0.6) is 0 Å². The van der Waals surface area contributed by atoms with E-state index in [0.717, 1.165) is 48.1 Å². The molecule has 1 amide bonds. The van der Waals surface area contributed by atoms with Crippen LogP contribution in [0.15, 0.2) is 12.1 Å². The van der Waals surface area contributed by atoms with Crippen LogP contribution in [0.4, 0.5) is 5.69 Å². The Hall–Kier alpha value is -1.84. The lowest BCUT2D eigenvalue weighted by molar-refractivity contribution is -0.158. The second-order valence-electron chi connectivity index (χ2n) is 6.68. The molecule has 1 aliphatic carbocycles. The zero-order chi connectivity index (χ0) is 17.0. The minimum absolute atomic E-state index is 0.0400. The highest BCUT2D eigenvalue weighted by Crippen LogP contribution is 2.26. The Bertz CT molecular complexity index is 565. The zero-order valence-electron chi connectivity index (χ0n) is 14.6. The van der Waals surface area contributed by atoms with Gasteiger partial charge in [0.2, 0.25) is 0 Å². The fourth-order valence-corrected chi connectivity index (χ4v) is 3.26. The normalized spacial score (nSPS) is 16.7. The number of nitrogens with one attached hydrogen (secondary N) is 1. The van der Waals surface area contributed by atoms with E-state index >= 15 is 0 Å². The average molecular weight is 317 g/mol. The van der Waals surface area contributed by atoms with E-state index in [0.29, 0.717) is 0 Å². The SMILES string of the molecule is Cc1cc(C)c(NC(=O)[C@H](C)OC(=O)C2CCCCC2)c(C)c1. The number of rotatable bonds is 4. The maximum Gasteiger partial charge on any atom is 0.309 e. The van der Waals surface area contributed by atoms with Crippen LogP contribution >= 0.6 is 0 Å². The van der Waals surface area contributed by atoms with Crippen molar-refractivity contribution in [2.45, 2.75) is 65.9 Å². The number of benzene rings is 1. The standard InChI is InChI=1S/C19H27NO3/c1-12-10-13(2)17(14(3)11-12)20-18(21)15(4)23-19(22)16-8-6-5-7-9-16/h10-11,15-16H,5-9H2,1-4H3,(H,20,21)/t15-/m0/s1. The Morgan fingerprint density at radius 2 is 1.65 bits per heavy atom. The second-order valence-corrected chi connectivity index (χ2v) is 6.68. The monoisotopic (exact) mass is 317 g/mol. The highest BCUT2D eigenvalue weighted by Gasteiger charge is 2.26. The quantitative estimate of drug-likeness (QED) is 0.852. The van der Waals surface area contributed by atoms with E-state index in [1.54, 1.807) is 6.92 Å². The minimum atomic E-state index is -0.774. The number of anilines is 1. The van der Waals surface area contributed by atoms with Crippen molar-refractivity contribution in [3.8, 4) is 0 Å². The molecular weight excluding hydrogens is 290 g/mol. The van der Waals surface area contributed by atoms with E-state index in [1.165, 1.54) is 6.42 Å². The Balaban J connectivity index is 1.96. The molecule has 0 heterocycles. The summed E-state index contributed by atoms with van der Waals surface area (Å²) in [6.07, 6.45) is 4.31. The predicted molar refractivity (Wildman–Crippen MR) is 91.4 cm³/mol. The van der Waals surface area contributed by atoms with Crippen LogP contribution in [0, 0.1) is 26.7 Å². The predicted octanol–water partition coefficient (Wildman–Crippen LogP) is 4.06. The van der Waals surface area contributed by atoms with Gasteiger partial charge in [-0.2, -0.15) is 0 Å². The molecule has 23 heavy (non-hydrogen) atoms. The molecular formula is C19H27NO3. The summed E-state index contributed by atoms with van der Waals surface area (Å²) in [5, 5.41) is 2.90. The molecule has 1 N–H and O–H groups in total. The first-order chi connectivity index (χ1) is 10.9. The van der Waals surface area contributed by atoms with Crippen LogP contribution < -0.4 is 5.32 Å². The zero-order valence-corrected chi connectivity index (χ0v) is 14.6. The maximum absolute atomic E-state index is 12.3. The highest BCUT2D eigenvalue weighted by atomic mass is 16.5. The van der Waals surface area contributed by atoms with E-state index in [2.05, 4.69) is 5.32 Å². The summed E-state index contributed by atoms with van der Waals surface area (Å²) in [6.45, 7) is 7.59. The molecule has 0 radical (unpaired) electrons. The second kappa shape index (κ2) is 7.62. The minimum Gasteiger partial charge on any atom is -0.452 e. The molecule has 1 aromatic carbocycles. The highest BCUT2D eigenvalue weighted by molar-refractivity contribution is 5.96. The average Bonchev–Trinajstić information content (AvgIpc) is 2.51. The van der Waals surface area contributed by atoms with Crippen molar-refractivity contribution in [1.82, 2.24) is 0 Å². The number of hydrogen-bond donors (Lipinski definition) is 1. The summed E-state index contributed by atoms with van der Waals surface area (Å²) in [7, 11) is 0. The van der Waals surface area contributed by atoms with Gasteiger partial charge in [0.25, 0.3) is 5.91 Å². The molecule has 1 fully saturated rings. The lowest BCUT2D eigenvalue weighted by atomic mass is 9.89. The van der Waals surface area contributed by atoms with Crippen LogP contribution in [0.1, 0.15) is 55.7 Å². The summed E-state index contributed by atoms with van der Waals surface area (Å²) >= 11 is 0. The third kappa shape index (κ3) is 4.57. The lowest BCUT2D eigenvalue weighted by Crippen LogP contribution is -2.33. The molecule has 1 saturated carbocycles. The molecule has 1 aromatic rings. The van der Waals surface area contributed by atoms with Gasteiger partial charge >= 0.3 is 5.97 Å². The van der Waals surface area contributed by atoms with Gasteiger partial charge in [-0.1, -0.05) is 37.0 Å². The van der Waals surface area contributed by atoms with Gasteiger partial charge in [0.1, 0.15) is 0 Å². The molecule has 0 unspecified atom stereocenters. The number of amides is 1. The molecule has 4 nitrogen and oxygen atoms in total. The van der Waals surface area contributed by atoms with Crippen LogP contribution in [0.2, 0.25) is 0 Å². The molecule has 2 rings (SSSR count). The third-order valence-electron chi connectivity index (χ3n) is 4.53. The first kappa shape index (κ1) is 17.5. The third-order valence-corrected chi connectivity index (χ3v) is 4.53. The fourth-order valence-electron chi connectivity index (χ4n) is 3.26. The molecule has 4 heteroatoms. The van der Waals surface area contributed by atoms with E-state index in [9.17, 15) is 9.59 Å². The van der Waals surface area contributed by atoms with Crippen LogP contribution in [-0.2, 0) is 14.3 Å². The van der Waals surface area contributed by atoms with E-state index in [4.69, 9.17) is 4.74 Å². The summed E-state index contributed by atoms with van der Waals surface area (Å²) in [5.74, 6) is -0.546. The maximum atomic E-state index is 12.3. The Kier molecular flexibility index (Phi) is 5.80. The molecule has 126 valence electrons. The number of carbonyl (C=O) groups is 2. The van der Waals surface area contributed by atoms with Crippen molar-refractivity contribution < 1.29 is 14.3 Å². The number of ether oxygens (including phenoxy) is 1. The summed E-state index contributed by atoms with van der Waals surface area (Å²) in [4.78, 5) is 24.5. The summed E-state index contributed by atoms with van der Waals surface area (Å²) in [5.41, 5.74) is 4.00. The van der Waals surface area contributed by atoms with Gasteiger partial charge in [0.05, 0.1) is 5.92 Å². The molecule has 1 aliphatic rings. The first-order valence-electron chi connectivity index (χ1n) is 8.47. The lowest BCUT2D eigenvalue weighted by Gasteiger charge is -2.22. The number of aryl methyl sites for hydroxylation is 3. The molecule has 0 bridgehead atoms. The van der Waals surface area contributed by atoms with Crippen molar-refractivity contribution in [3.63, 3.8) is 0 Å². The molecule has 0 aromatic heterocycles. The van der Waals surface area contributed by atoms with Crippen LogP contribution in [0.25, 0.3) is 0 Å². The van der Waals surface area contributed by atoms with Crippen molar-refractivity contribution >= 4 is 17.6 Å². The van der Waals surface area contributed by atoms with Gasteiger partial charge in [0.15, 0.2) is 6.10 Å². The van der Waals surface area contributed by atoms with Crippen molar-refractivity contribution in [3.05, 3.63) is 28.8 Å². The van der Waals surface area contributed by atoms with Gasteiger partial charge in [-0.25, -0.2) is 0 Å². The summed E-state index contributed by atoms with van der Waals surface area (Å²) in [6, 6.07) is 4.06. The van der Waals surface area contributed by atoms with E-state index in [-0.39, 0.29) is 17.8 Å². The van der Waals surface area contributed by atoms with E-state index in [1.807, 2.05) is 32.9 Å². The smallest absolute Gasteiger partial charge is 0.309 e. The molecule has 0 saturated heterocycles. The van der Waals surface area contributed by atoms with Crippen LogP contribution in [-0.4, -0.2) is 18.0 Å². The number of carbonyl (C=O) groups excluding carboxylic acids is 2. The van der Waals surface area contributed by atoms with Crippen LogP contribution in [0.3, 0.4) is 0 Å². The Morgan fingerprint density at radius 3 is 2.22 bits per heavy atom. The molecule has 0 aliphatic heterocycles. The van der Waals surface area contributed by atoms with Crippen molar-refractivity contribution in [2.24, 2.45) is 5.92 Å². The largest absolute Gasteiger partial charge is 0.452 e. The van der Waals surface area contributed by atoms with E-state index < -0.39 is 6.10 Å². The molecule has 1 atom stereocenters. The number of hydrogen-bond acceptors (Lipinski definition) is 3. The van der Waals surface area contributed by atoms with Crippen molar-refractivity contribution in [2.75, 3.05) is 5.32 Å². The number of esters is 1. The fraction of sp³-hybridized carbons (Fsp3) is 0.579. The van der Waals surface area contributed by atoms with Gasteiger partial charge < -0.3 is 10.1 Å². The van der Waals surface area contributed by atoms with Crippen molar-refractivity contribution in [1.29, 1.82) is 0 Å². The van der Waals surface area contributed by atoms with Gasteiger partial charge in [0, 0.05) is 5.69 Å². The Morgan fingerprint density at radius 1 is 1.09 bits per heavy atom.